The van der Waals surface area contributed by atoms with E-state index in [4.69, 9.17) is 0 Å². The lowest BCUT2D eigenvalue weighted by Crippen LogP contribution is -1.97. The van der Waals surface area contributed by atoms with Crippen LogP contribution in [0.5, 0.6) is 0 Å². The summed E-state index contributed by atoms with van der Waals surface area (Å²) >= 11 is 0. The second-order valence-corrected chi connectivity index (χ2v) is 4.86. The average Bonchev–Trinajstić information content (AvgIpc) is 3.04. The van der Waals surface area contributed by atoms with E-state index >= 15 is 0 Å². The zero-order valence-electron chi connectivity index (χ0n) is 10.5. The molecule has 0 amide bonds. The van der Waals surface area contributed by atoms with Gasteiger partial charge in [0.2, 0.25) is 0 Å². The Morgan fingerprint density at radius 2 is 1.89 bits per heavy atom. The third kappa shape index (κ3) is 2.37. The first-order valence-electron chi connectivity index (χ1n) is 6.68. The molecule has 1 aliphatic carbocycles. The van der Waals surface area contributed by atoms with Crippen LogP contribution >= 0.6 is 0 Å². The smallest absolute Gasteiger partial charge is 0.0958 e. The minimum absolute atomic E-state index is 0.671. The van der Waals surface area contributed by atoms with E-state index in [1.54, 1.807) is 0 Å². The molecular weight excluding hydrogens is 220 g/mol. The van der Waals surface area contributed by atoms with E-state index < -0.39 is 0 Å². The number of hydrogen-bond donors (Lipinski definition) is 0. The SMILES string of the molecule is C1=CC(CCCCn2cnc3ccccc32)C=C1. The number of unbranched alkanes of at least 4 members (excludes halogenated alkanes) is 1. The van der Waals surface area contributed by atoms with Crippen molar-refractivity contribution in [3.8, 4) is 0 Å². The van der Waals surface area contributed by atoms with Gasteiger partial charge in [0, 0.05) is 6.54 Å². The molecule has 18 heavy (non-hydrogen) atoms. The molecule has 0 radical (unpaired) electrons. The second kappa shape index (κ2) is 5.21. The van der Waals surface area contributed by atoms with Crippen molar-refractivity contribution in [3.05, 3.63) is 54.9 Å². The summed E-state index contributed by atoms with van der Waals surface area (Å²) in [5.41, 5.74) is 2.34. The van der Waals surface area contributed by atoms with Crippen LogP contribution in [0.3, 0.4) is 0 Å². The van der Waals surface area contributed by atoms with Gasteiger partial charge >= 0.3 is 0 Å². The standard InChI is InChI=1S/C16H18N2/c1-2-8-14(7-1)9-5-6-12-18-13-17-15-10-3-4-11-16(15)18/h1-4,7-8,10-11,13-14H,5-6,9,12H2. The molecule has 2 nitrogen and oxygen atoms in total. The highest BCUT2D eigenvalue weighted by Crippen LogP contribution is 2.17. The number of rotatable bonds is 5. The van der Waals surface area contributed by atoms with E-state index in [0.717, 1.165) is 12.1 Å². The molecule has 92 valence electrons. The van der Waals surface area contributed by atoms with Crippen LogP contribution in [0.1, 0.15) is 19.3 Å². The van der Waals surface area contributed by atoms with E-state index in [-0.39, 0.29) is 0 Å². The summed E-state index contributed by atoms with van der Waals surface area (Å²) in [6, 6.07) is 8.33. The molecule has 0 fully saturated rings. The van der Waals surface area contributed by atoms with Gasteiger partial charge in [0.15, 0.2) is 0 Å². The first-order chi connectivity index (χ1) is 8.93. The molecule has 0 saturated heterocycles. The monoisotopic (exact) mass is 238 g/mol. The highest BCUT2D eigenvalue weighted by Gasteiger charge is 2.04. The molecule has 0 aliphatic heterocycles. The Labute approximate surface area is 108 Å². The summed E-state index contributed by atoms with van der Waals surface area (Å²) in [7, 11) is 0. The van der Waals surface area contributed by atoms with Gasteiger partial charge in [-0.25, -0.2) is 4.98 Å². The molecule has 1 aromatic carbocycles. The van der Waals surface area contributed by atoms with Crippen LogP contribution in [0.25, 0.3) is 11.0 Å². The van der Waals surface area contributed by atoms with Gasteiger partial charge in [-0.05, 0) is 30.9 Å². The largest absolute Gasteiger partial charge is 0.331 e. The van der Waals surface area contributed by atoms with Gasteiger partial charge < -0.3 is 4.57 Å². The molecule has 3 rings (SSSR count). The predicted octanol–water partition coefficient (Wildman–Crippen LogP) is 3.95. The van der Waals surface area contributed by atoms with Crippen molar-refractivity contribution in [3.63, 3.8) is 0 Å². The number of hydrogen-bond acceptors (Lipinski definition) is 1. The van der Waals surface area contributed by atoms with E-state index in [0.29, 0.717) is 5.92 Å². The van der Waals surface area contributed by atoms with Crippen LogP contribution in [0.15, 0.2) is 54.9 Å². The summed E-state index contributed by atoms with van der Waals surface area (Å²) in [5.74, 6) is 0.671. The number of allylic oxidation sites excluding steroid dienone is 4. The minimum Gasteiger partial charge on any atom is -0.331 e. The molecule has 1 aromatic heterocycles. The van der Waals surface area contributed by atoms with Crippen molar-refractivity contribution in [2.75, 3.05) is 0 Å². The van der Waals surface area contributed by atoms with E-state index in [9.17, 15) is 0 Å². The van der Waals surface area contributed by atoms with Crippen LogP contribution in [0, 0.1) is 5.92 Å². The molecule has 0 spiro atoms. The van der Waals surface area contributed by atoms with Crippen molar-refractivity contribution in [2.45, 2.75) is 25.8 Å². The van der Waals surface area contributed by atoms with Gasteiger partial charge in [0.1, 0.15) is 0 Å². The first-order valence-corrected chi connectivity index (χ1v) is 6.68. The van der Waals surface area contributed by atoms with Crippen LogP contribution in [-0.4, -0.2) is 9.55 Å². The van der Waals surface area contributed by atoms with Crippen molar-refractivity contribution >= 4 is 11.0 Å². The van der Waals surface area contributed by atoms with Crippen LogP contribution in [0.2, 0.25) is 0 Å². The van der Waals surface area contributed by atoms with Gasteiger partial charge in [-0.15, -0.1) is 0 Å². The van der Waals surface area contributed by atoms with Crippen molar-refractivity contribution in [1.82, 2.24) is 9.55 Å². The lowest BCUT2D eigenvalue weighted by atomic mass is 10.0. The molecule has 0 atom stereocenters. The Morgan fingerprint density at radius 1 is 1.06 bits per heavy atom. The quantitative estimate of drug-likeness (QED) is 0.721. The zero-order valence-corrected chi connectivity index (χ0v) is 10.5. The van der Waals surface area contributed by atoms with Crippen molar-refractivity contribution in [2.24, 2.45) is 5.92 Å². The predicted molar refractivity (Wildman–Crippen MR) is 75.4 cm³/mol. The number of imidazole rings is 1. The summed E-state index contributed by atoms with van der Waals surface area (Å²) in [6.45, 7) is 1.07. The Balaban J connectivity index is 1.53. The van der Waals surface area contributed by atoms with E-state index in [2.05, 4.69) is 52.1 Å². The fourth-order valence-corrected chi connectivity index (χ4v) is 2.52. The fourth-order valence-electron chi connectivity index (χ4n) is 2.52. The molecule has 0 unspecified atom stereocenters. The summed E-state index contributed by atoms with van der Waals surface area (Å²) in [6.07, 6.45) is 14.6. The van der Waals surface area contributed by atoms with Crippen molar-refractivity contribution < 1.29 is 0 Å². The maximum atomic E-state index is 4.42. The van der Waals surface area contributed by atoms with E-state index in [1.165, 1.54) is 24.8 Å². The molecule has 0 N–H and O–H groups in total. The van der Waals surface area contributed by atoms with Gasteiger partial charge in [-0.3, -0.25) is 0 Å². The Morgan fingerprint density at radius 3 is 2.78 bits per heavy atom. The second-order valence-electron chi connectivity index (χ2n) is 4.86. The number of aromatic nitrogens is 2. The highest BCUT2D eigenvalue weighted by atomic mass is 15.0. The van der Waals surface area contributed by atoms with Gasteiger partial charge in [0.05, 0.1) is 17.4 Å². The molecule has 2 aromatic rings. The number of fused-ring (bicyclic) bond motifs is 1. The lowest BCUT2D eigenvalue weighted by molar-refractivity contribution is 0.567. The fraction of sp³-hybridized carbons (Fsp3) is 0.312. The number of benzene rings is 1. The minimum atomic E-state index is 0.671. The molecule has 0 saturated carbocycles. The zero-order chi connectivity index (χ0) is 12.2. The summed E-state index contributed by atoms with van der Waals surface area (Å²) < 4.78 is 2.26. The molecule has 1 heterocycles. The Kier molecular flexibility index (Phi) is 3.26. The van der Waals surface area contributed by atoms with Gasteiger partial charge in [-0.1, -0.05) is 42.9 Å². The Bertz CT molecular complexity index is 566. The normalized spacial score (nSPS) is 14.9. The lowest BCUT2D eigenvalue weighted by Gasteiger charge is -2.06. The third-order valence-corrected chi connectivity index (χ3v) is 3.54. The molecular formula is C16H18N2. The number of aryl methyl sites for hydroxylation is 1. The van der Waals surface area contributed by atoms with E-state index in [1.807, 2.05) is 12.4 Å². The maximum absolute atomic E-state index is 4.42. The van der Waals surface area contributed by atoms with Gasteiger partial charge in [0.25, 0.3) is 0 Å². The molecule has 1 aliphatic rings. The Hall–Kier alpha value is -1.83. The number of para-hydroxylation sites is 2. The molecule has 2 heteroatoms. The first kappa shape index (κ1) is 11.3. The topological polar surface area (TPSA) is 17.8 Å². The maximum Gasteiger partial charge on any atom is 0.0958 e. The highest BCUT2D eigenvalue weighted by molar-refractivity contribution is 5.74. The summed E-state index contributed by atoms with van der Waals surface area (Å²) in [5, 5.41) is 0. The van der Waals surface area contributed by atoms with Crippen LogP contribution in [0.4, 0.5) is 0 Å². The average molecular weight is 238 g/mol. The molecule has 0 bridgehead atoms. The third-order valence-electron chi connectivity index (χ3n) is 3.54. The van der Waals surface area contributed by atoms with Crippen LogP contribution < -0.4 is 0 Å². The van der Waals surface area contributed by atoms with Gasteiger partial charge in [-0.2, -0.15) is 0 Å². The van der Waals surface area contributed by atoms with Crippen molar-refractivity contribution in [1.29, 1.82) is 0 Å². The van der Waals surface area contributed by atoms with Crippen LogP contribution in [-0.2, 0) is 6.54 Å². The number of nitrogens with zero attached hydrogens (tertiary/aromatic N) is 2. The summed E-state index contributed by atoms with van der Waals surface area (Å²) in [4.78, 5) is 4.42.